The molecule has 0 spiro atoms. The van der Waals surface area contributed by atoms with Crippen LogP contribution in [0.5, 0.6) is 0 Å². The van der Waals surface area contributed by atoms with E-state index in [-0.39, 0.29) is 0 Å². The summed E-state index contributed by atoms with van der Waals surface area (Å²) in [6.07, 6.45) is 0. The Kier molecular flexibility index (Phi) is 4.50. The summed E-state index contributed by atoms with van der Waals surface area (Å²) in [6, 6.07) is 10.4. The van der Waals surface area contributed by atoms with Crippen LogP contribution in [0, 0.1) is 0 Å². The maximum absolute atomic E-state index is 4.84. The average Bonchev–Trinajstić information content (AvgIpc) is 2.07. The van der Waals surface area contributed by atoms with Crippen molar-refractivity contribution in [3.8, 4) is 0 Å². The highest BCUT2D eigenvalue weighted by Gasteiger charge is 1.90. The first kappa shape index (κ1) is 8.97. The predicted molar refractivity (Wildman–Crippen MR) is 52.3 cm³/mol. The van der Waals surface area contributed by atoms with Gasteiger partial charge in [0.1, 0.15) is 0 Å². The van der Waals surface area contributed by atoms with Crippen molar-refractivity contribution in [3.63, 3.8) is 0 Å². The van der Waals surface area contributed by atoms with E-state index in [0.717, 1.165) is 5.75 Å². The lowest BCUT2D eigenvalue weighted by Gasteiger charge is -1.97. The third-order valence-electron chi connectivity index (χ3n) is 1.18. The molecule has 0 aliphatic heterocycles. The van der Waals surface area contributed by atoms with Crippen molar-refractivity contribution in [1.82, 2.24) is 0 Å². The lowest BCUT2D eigenvalue weighted by molar-refractivity contribution is 0.498. The van der Waals surface area contributed by atoms with E-state index in [1.807, 2.05) is 18.2 Å². The monoisotopic (exact) mass is 186 g/mol. The molecule has 0 radical (unpaired) electrons. The highest BCUT2D eigenvalue weighted by atomic mass is 33.1. The van der Waals surface area contributed by atoms with Gasteiger partial charge in [-0.2, -0.15) is 0 Å². The minimum Gasteiger partial charge on any atom is -0.308 e. The Bertz CT molecular complexity index is 189. The summed E-state index contributed by atoms with van der Waals surface area (Å²) in [5.74, 6) is 0.999. The van der Waals surface area contributed by atoms with Gasteiger partial charge in [0.2, 0.25) is 0 Å². The van der Waals surface area contributed by atoms with Crippen molar-refractivity contribution in [2.45, 2.75) is 5.75 Å². The van der Waals surface area contributed by atoms with Gasteiger partial charge in [0, 0.05) is 5.75 Å². The van der Waals surface area contributed by atoms with E-state index in [4.69, 9.17) is 4.18 Å². The molecule has 1 nitrogen and oxygen atoms in total. The molecule has 3 heteroatoms. The molecule has 0 aliphatic carbocycles. The van der Waals surface area contributed by atoms with Gasteiger partial charge in [0.05, 0.1) is 18.2 Å². The third-order valence-corrected chi connectivity index (χ3v) is 2.92. The molecule has 1 rings (SSSR count). The van der Waals surface area contributed by atoms with Gasteiger partial charge in [0.15, 0.2) is 0 Å². The number of benzene rings is 1. The summed E-state index contributed by atoms with van der Waals surface area (Å²) in [5, 5.41) is 0. The highest BCUT2D eigenvalue weighted by Crippen LogP contribution is 2.25. The summed E-state index contributed by atoms with van der Waals surface area (Å²) in [7, 11) is 3.38. The van der Waals surface area contributed by atoms with Gasteiger partial charge in [0.25, 0.3) is 0 Å². The van der Waals surface area contributed by atoms with E-state index in [2.05, 4.69) is 12.1 Å². The minimum atomic E-state index is 0.999. The van der Waals surface area contributed by atoms with Crippen LogP contribution in [-0.2, 0) is 9.94 Å². The fraction of sp³-hybridized carbons (Fsp3) is 0.250. The maximum atomic E-state index is 4.84. The molecular weight excluding hydrogens is 176 g/mol. The molecule has 0 heterocycles. The zero-order chi connectivity index (χ0) is 7.94. The first-order valence-electron chi connectivity index (χ1n) is 3.29. The van der Waals surface area contributed by atoms with Crippen molar-refractivity contribution >= 4 is 21.9 Å². The second-order valence-electron chi connectivity index (χ2n) is 1.98. The summed E-state index contributed by atoms with van der Waals surface area (Å²) < 4.78 is 4.84. The minimum absolute atomic E-state index is 0.999. The molecule has 60 valence electrons. The van der Waals surface area contributed by atoms with Crippen molar-refractivity contribution in [1.29, 1.82) is 0 Å². The van der Waals surface area contributed by atoms with Crippen molar-refractivity contribution in [3.05, 3.63) is 35.9 Å². The van der Waals surface area contributed by atoms with E-state index in [1.165, 1.54) is 16.6 Å². The first-order chi connectivity index (χ1) is 5.43. The molecule has 0 aliphatic rings. The summed E-state index contributed by atoms with van der Waals surface area (Å²) >= 11 is 1.42. The first-order valence-corrected chi connectivity index (χ1v) is 5.54. The Balaban J connectivity index is 2.28. The lowest BCUT2D eigenvalue weighted by Crippen LogP contribution is -1.75. The van der Waals surface area contributed by atoms with Crippen molar-refractivity contribution in [2.75, 3.05) is 7.11 Å². The van der Waals surface area contributed by atoms with Crippen LogP contribution in [0.4, 0.5) is 0 Å². The van der Waals surface area contributed by atoms with Gasteiger partial charge < -0.3 is 4.18 Å². The highest BCUT2D eigenvalue weighted by molar-refractivity contribution is 8.74. The van der Waals surface area contributed by atoms with Crippen molar-refractivity contribution < 1.29 is 4.18 Å². The average molecular weight is 186 g/mol. The van der Waals surface area contributed by atoms with E-state index in [1.54, 1.807) is 17.9 Å². The lowest BCUT2D eigenvalue weighted by atomic mass is 10.2. The zero-order valence-corrected chi connectivity index (χ0v) is 7.95. The number of rotatable bonds is 4. The zero-order valence-electron chi connectivity index (χ0n) is 6.32. The van der Waals surface area contributed by atoms with Gasteiger partial charge in [-0.3, -0.25) is 0 Å². The topological polar surface area (TPSA) is 9.23 Å². The summed E-state index contributed by atoms with van der Waals surface area (Å²) in [6.45, 7) is 0. The molecule has 1 aromatic rings. The van der Waals surface area contributed by atoms with Crippen LogP contribution in [-0.4, -0.2) is 7.11 Å². The standard InChI is InChI=1S/C8H10OS2/c1-9-11-10-7-8-5-3-2-4-6-8/h2-6H,7H2,1H3. The largest absolute Gasteiger partial charge is 0.308 e. The summed E-state index contributed by atoms with van der Waals surface area (Å²) in [4.78, 5) is 0. The number of hydrogen-bond donors (Lipinski definition) is 0. The SMILES string of the molecule is COSSCc1ccccc1. The molecule has 0 saturated heterocycles. The Morgan fingerprint density at radius 2 is 2.00 bits per heavy atom. The van der Waals surface area contributed by atoms with Gasteiger partial charge in [-0.05, 0) is 5.56 Å². The van der Waals surface area contributed by atoms with Crippen LogP contribution in [0.25, 0.3) is 0 Å². The van der Waals surface area contributed by atoms with Crippen LogP contribution in [0.15, 0.2) is 30.3 Å². The Morgan fingerprint density at radius 3 is 2.64 bits per heavy atom. The van der Waals surface area contributed by atoms with Crippen LogP contribution >= 0.6 is 21.9 Å². The fourth-order valence-electron chi connectivity index (χ4n) is 0.714. The Labute approximate surface area is 75.1 Å². The van der Waals surface area contributed by atoms with Crippen LogP contribution < -0.4 is 0 Å². The molecule has 0 atom stereocenters. The third kappa shape index (κ3) is 3.70. The molecule has 0 saturated carbocycles. The number of hydrogen-bond acceptors (Lipinski definition) is 3. The fourth-order valence-corrected chi connectivity index (χ4v) is 2.03. The second-order valence-corrected chi connectivity index (χ2v) is 4.09. The van der Waals surface area contributed by atoms with Gasteiger partial charge >= 0.3 is 0 Å². The van der Waals surface area contributed by atoms with Crippen molar-refractivity contribution in [2.24, 2.45) is 0 Å². The molecule has 0 fully saturated rings. The molecule has 0 N–H and O–H groups in total. The molecule has 0 aromatic heterocycles. The molecule has 0 unspecified atom stereocenters. The molecule has 1 aromatic carbocycles. The molecule has 11 heavy (non-hydrogen) atoms. The van der Waals surface area contributed by atoms with Gasteiger partial charge in [-0.1, -0.05) is 41.1 Å². The molecule has 0 bridgehead atoms. The molecule has 0 amide bonds. The second kappa shape index (κ2) is 5.52. The van der Waals surface area contributed by atoms with E-state index in [9.17, 15) is 0 Å². The predicted octanol–water partition coefficient (Wildman–Crippen LogP) is 3.13. The van der Waals surface area contributed by atoms with Gasteiger partial charge in [-0.15, -0.1) is 0 Å². The summed E-state index contributed by atoms with van der Waals surface area (Å²) in [5.41, 5.74) is 1.34. The Morgan fingerprint density at radius 1 is 1.27 bits per heavy atom. The van der Waals surface area contributed by atoms with Gasteiger partial charge in [-0.25, -0.2) is 0 Å². The van der Waals surface area contributed by atoms with E-state index >= 15 is 0 Å². The maximum Gasteiger partial charge on any atom is 0.0622 e. The van der Waals surface area contributed by atoms with Crippen LogP contribution in [0.3, 0.4) is 0 Å². The van der Waals surface area contributed by atoms with Crippen LogP contribution in [0.2, 0.25) is 0 Å². The smallest absolute Gasteiger partial charge is 0.0622 e. The Hall–Kier alpha value is -0.120. The normalized spacial score (nSPS) is 9.91. The van der Waals surface area contributed by atoms with Crippen LogP contribution in [0.1, 0.15) is 5.56 Å². The quantitative estimate of drug-likeness (QED) is 0.406. The molecular formula is C8H10OS2. The van der Waals surface area contributed by atoms with E-state index < -0.39 is 0 Å². The van der Waals surface area contributed by atoms with E-state index in [0.29, 0.717) is 0 Å².